The van der Waals surface area contributed by atoms with E-state index < -0.39 is 11.2 Å². The van der Waals surface area contributed by atoms with E-state index in [2.05, 4.69) is 202 Å². The second kappa shape index (κ2) is 45.0. The number of esters is 8. The second-order valence-corrected chi connectivity index (χ2v) is 39.8. The molecule has 4 saturated carbocycles. The van der Waals surface area contributed by atoms with Crippen LogP contribution in [0.5, 0.6) is 0 Å². The van der Waals surface area contributed by atoms with Crippen LogP contribution in [0, 0.1) is 47.3 Å². The van der Waals surface area contributed by atoms with Crippen LogP contribution in [0.1, 0.15) is 260 Å². The van der Waals surface area contributed by atoms with Gasteiger partial charge in [0.05, 0.1) is 47.3 Å². The van der Waals surface area contributed by atoms with Crippen LogP contribution < -0.4 is 0 Å². The van der Waals surface area contributed by atoms with Gasteiger partial charge < -0.3 is 37.9 Å². The predicted octanol–water partition coefficient (Wildman–Crippen LogP) is 28.9. The van der Waals surface area contributed by atoms with Crippen molar-refractivity contribution in [3.8, 4) is 0 Å². The molecule has 6 atom stereocenters. The van der Waals surface area contributed by atoms with E-state index in [0.717, 1.165) is 91.3 Å². The Bertz CT molecular complexity index is 6120. The Balaban J connectivity index is 0.000000150. The highest BCUT2D eigenvalue weighted by Crippen LogP contribution is 2.43. The smallest absolute Gasteiger partial charge is 0.309 e. The van der Waals surface area contributed by atoms with Crippen LogP contribution in [0.2, 0.25) is 0 Å². The first kappa shape index (κ1) is 98.9. The summed E-state index contributed by atoms with van der Waals surface area (Å²) in [6, 6.07) is 71.3. The number of carbonyl (C=O) groups is 8. The van der Waals surface area contributed by atoms with Gasteiger partial charge in [0.15, 0.2) is 0 Å². The maximum Gasteiger partial charge on any atom is 0.309 e. The van der Waals surface area contributed by atoms with Gasteiger partial charge in [-0.25, -0.2) is 0 Å². The van der Waals surface area contributed by atoms with Crippen molar-refractivity contribution < 1.29 is 76.3 Å². The maximum atomic E-state index is 13.0. The number of rotatable bonds is 24. The molecule has 12 aromatic rings. The van der Waals surface area contributed by atoms with Crippen LogP contribution >= 0.6 is 31.9 Å². The fraction of sp³-hybridized carbons (Fsp3) is 0.439. The van der Waals surface area contributed by atoms with E-state index in [-0.39, 0.29) is 132 Å². The fourth-order valence-electron chi connectivity index (χ4n) is 18.4. The molecule has 0 spiro atoms. The van der Waals surface area contributed by atoms with Gasteiger partial charge in [-0.3, -0.25) is 38.4 Å². The molecule has 0 bridgehead atoms. The van der Waals surface area contributed by atoms with Crippen molar-refractivity contribution in [2.45, 2.75) is 273 Å². The van der Waals surface area contributed by atoms with Gasteiger partial charge in [0.25, 0.3) is 0 Å². The molecule has 0 saturated heterocycles. The SMILES string of the molecule is CCC(C)C(=O)OC1CCC(C(=O)OC(C)(C)c2ccc3c(c2)c(Br)cc2ccccc23)CC1.CCC(C)C(=O)OC1CCC(C(=O)OC(C)(C)c2ccc3c(ccc4ccccc43)c2)CC1.CCC(C)C(=O)OC1CCC(C(=O)OC(C)c2ccc3c(c2)c(Br)cc2ccccc23)CC1.CCC(C)C(=O)OC1CCC(C(=O)OC(C)c2ccc3c(ccc4ccccc43)c2)CC1. The topological polar surface area (TPSA) is 210 Å². The van der Waals surface area contributed by atoms with E-state index in [4.69, 9.17) is 37.9 Å². The van der Waals surface area contributed by atoms with Crippen molar-refractivity contribution in [1.29, 1.82) is 0 Å². The Morgan fingerprint density at radius 3 is 0.894 bits per heavy atom. The monoisotopic (exact) mass is 1910 g/mol. The highest BCUT2D eigenvalue weighted by molar-refractivity contribution is 9.11. The quantitative estimate of drug-likeness (QED) is 0.0313. The summed E-state index contributed by atoms with van der Waals surface area (Å²) in [5.74, 6) is -2.04. The minimum atomic E-state index is -0.754. The molecule has 18 heteroatoms. The Kier molecular flexibility index (Phi) is 33.7. The summed E-state index contributed by atoms with van der Waals surface area (Å²) < 4.78 is 48.3. The Hall–Kier alpha value is -10.6. The van der Waals surface area contributed by atoms with Crippen LogP contribution in [-0.2, 0) is 87.5 Å². The van der Waals surface area contributed by atoms with Gasteiger partial charge in [-0.2, -0.15) is 0 Å². The van der Waals surface area contributed by atoms with Crippen LogP contribution in [0.15, 0.2) is 215 Å². The van der Waals surface area contributed by atoms with Gasteiger partial charge in [-0.05, 0) is 315 Å². The lowest BCUT2D eigenvalue weighted by Gasteiger charge is -2.32. The van der Waals surface area contributed by atoms with Crippen molar-refractivity contribution in [1.82, 2.24) is 0 Å². The summed E-state index contributed by atoms with van der Waals surface area (Å²) >= 11 is 7.43. The summed E-state index contributed by atoms with van der Waals surface area (Å²) in [5, 5.41) is 18.9. The molecular weight excluding hydrogens is 1790 g/mol. The molecule has 16 nitrogen and oxygen atoms in total. The number of ether oxygens (including phenoxy) is 8. The molecule has 12 aromatic carbocycles. The highest BCUT2D eigenvalue weighted by Gasteiger charge is 2.39. The van der Waals surface area contributed by atoms with Gasteiger partial charge in [0, 0.05) is 8.95 Å². The number of halogens is 2. The fourth-order valence-corrected chi connectivity index (χ4v) is 19.5. The molecule has 0 N–H and O–H groups in total. The molecule has 132 heavy (non-hydrogen) atoms. The van der Waals surface area contributed by atoms with E-state index in [1.54, 1.807) is 0 Å². The van der Waals surface area contributed by atoms with Crippen LogP contribution in [0.3, 0.4) is 0 Å². The average Bonchev–Trinajstić information content (AvgIpc) is 0.833. The summed E-state index contributed by atoms with van der Waals surface area (Å²) in [6.45, 7) is 27.1. The third kappa shape index (κ3) is 24.5. The number of carbonyl (C=O) groups excluding carboxylic acids is 8. The molecule has 0 radical (unpaired) electrons. The zero-order chi connectivity index (χ0) is 94.2. The van der Waals surface area contributed by atoms with Gasteiger partial charge in [0.2, 0.25) is 0 Å². The van der Waals surface area contributed by atoms with Crippen LogP contribution in [0.4, 0.5) is 0 Å². The molecule has 6 unspecified atom stereocenters. The van der Waals surface area contributed by atoms with Crippen LogP contribution in [-0.4, -0.2) is 72.2 Å². The normalized spacial score (nSPS) is 20.1. The molecule has 0 amide bonds. The van der Waals surface area contributed by atoms with Crippen molar-refractivity contribution in [2.75, 3.05) is 0 Å². The molecule has 16 rings (SSSR count). The summed E-state index contributed by atoms with van der Waals surface area (Å²) in [7, 11) is 0. The maximum absolute atomic E-state index is 13.0. The lowest BCUT2D eigenvalue weighted by molar-refractivity contribution is -0.167. The lowest BCUT2D eigenvalue weighted by atomic mass is 9.87. The van der Waals surface area contributed by atoms with Gasteiger partial charge in [-0.1, -0.05) is 257 Å². The first-order valence-electron chi connectivity index (χ1n) is 48.0. The van der Waals surface area contributed by atoms with E-state index in [0.29, 0.717) is 89.9 Å². The third-order valence-corrected chi connectivity index (χ3v) is 29.3. The minimum Gasteiger partial charge on any atom is -0.462 e. The lowest BCUT2D eigenvalue weighted by Crippen LogP contribution is -2.34. The van der Waals surface area contributed by atoms with Crippen molar-refractivity contribution in [2.24, 2.45) is 47.3 Å². The Labute approximate surface area is 794 Å². The summed E-state index contributed by atoms with van der Waals surface area (Å²) in [6.07, 6.45) is 13.4. The number of hydrogen-bond acceptors (Lipinski definition) is 16. The van der Waals surface area contributed by atoms with E-state index in [1.165, 1.54) is 64.6 Å². The Morgan fingerprint density at radius 2 is 0.538 bits per heavy atom. The van der Waals surface area contributed by atoms with Crippen molar-refractivity contribution in [3.05, 3.63) is 237 Å². The highest BCUT2D eigenvalue weighted by atomic mass is 79.9. The predicted molar refractivity (Wildman–Crippen MR) is 534 cm³/mol. The third-order valence-electron chi connectivity index (χ3n) is 28.0. The molecule has 0 aromatic heterocycles. The Morgan fingerprint density at radius 1 is 0.280 bits per heavy atom. The zero-order valence-electron chi connectivity index (χ0n) is 79.1. The molecule has 4 fully saturated rings. The zero-order valence-corrected chi connectivity index (χ0v) is 82.3. The molecule has 0 aliphatic heterocycles. The molecular formula is C114H130Br2O16. The van der Waals surface area contributed by atoms with E-state index >= 15 is 0 Å². The van der Waals surface area contributed by atoms with Crippen LogP contribution in [0.25, 0.3) is 86.2 Å². The standard InChI is InChI=1S/C29H33BrO4.C29H34O4.C28H31BrO4.C28H32O4/c1-5-18(2)27(31)33-22-13-10-19(11-14-22)28(32)34-29(3,4)21-12-15-24-23-9-7-6-8-20(23)16-26(30)25(24)17-21;1-5-19(2)27(30)32-24-15-12-21(13-16-24)28(31)33-29(3,4)23-14-17-26-22(18-23)11-10-20-8-6-7-9-25(20)26;1-4-17(2)27(30)33-22-12-9-19(10-13-22)28(31)32-18(3)20-11-14-24-23-8-6-5-7-21(23)16-26(29)25(24)15-20;1-4-18(2)27(29)32-24-14-11-21(12-15-24)28(30)31-19(3)22-13-16-26-23(17-22)10-9-20-7-5-6-8-25(20)26/h6-9,12,15-19,22H,5,10-11,13-14H2,1-4H3;6-11,14,17-19,21,24H,5,12-13,15-16H2,1-4H3;5-8,11,14-19,22H,4,9-10,12-13H2,1-3H3;5-10,13,16-19,21,24H,4,11-12,14-15H2,1-3H3. The molecule has 0 heterocycles. The second-order valence-electron chi connectivity index (χ2n) is 38.1. The first-order valence-corrected chi connectivity index (χ1v) is 49.6. The van der Waals surface area contributed by atoms with E-state index in [1.807, 2.05) is 133 Å². The van der Waals surface area contributed by atoms with Crippen molar-refractivity contribution in [3.63, 3.8) is 0 Å². The minimum absolute atomic E-state index is 0.0709. The summed E-state index contributed by atoms with van der Waals surface area (Å²) in [5.41, 5.74) is 2.43. The number of hydrogen-bond donors (Lipinski definition) is 0. The van der Waals surface area contributed by atoms with Gasteiger partial charge in [0.1, 0.15) is 47.8 Å². The average molecular weight is 1920 g/mol. The molecule has 4 aliphatic carbocycles. The van der Waals surface area contributed by atoms with E-state index in [9.17, 15) is 38.4 Å². The first-order chi connectivity index (χ1) is 63.3. The number of benzene rings is 12. The largest absolute Gasteiger partial charge is 0.462 e. The number of fused-ring (bicyclic) bond motifs is 12. The van der Waals surface area contributed by atoms with Crippen molar-refractivity contribution >= 4 is 166 Å². The van der Waals surface area contributed by atoms with Gasteiger partial charge in [-0.15, -0.1) is 0 Å². The molecule has 696 valence electrons. The summed E-state index contributed by atoms with van der Waals surface area (Å²) in [4.78, 5) is 99.8. The van der Waals surface area contributed by atoms with Gasteiger partial charge >= 0.3 is 47.8 Å². The molecule has 4 aliphatic rings.